The maximum Gasteiger partial charge on any atom is 0.256 e. The maximum atomic E-state index is 13.1. The Labute approximate surface area is 165 Å². The molecule has 0 radical (unpaired) electrons. The van der Waals surface area contributed by atoms with Gasteiger partial charge in [-0.3, -0.25) is 14.4 Å². The first-order valence-corrected chi connectivity index (χ1v) is 10.3. The Morgan fingerprint density at radius 2 is 2.00 bits per heavy atom. The van der Waals surface area contributed by atoms with E-state index in [1.165, 1.54) is 23.3 Å². The van der Waals surface area contributed by atoms with Gasteiger partial charge in [-0.25, -0.2) is 0 Å². The number of fused-ring (bicyclic) bond motifs is 2. The summed E-state index contributed by atoms with van der Waals surface area (Å²) in [7, 11) is 0. The molecule has 0 bridgehead atoms. The molecular weight excluding hydrogens is 354 g/mol. The number of rotatable bonds is 5. The third-order valence-corrected chi connectivity index (χ3v) is 5.95. The molecule has 1 fully saturated rings. The first-order chi connectivity index (χ1) is 13.6. The van der Waals surface area contributed by atoms with E-state index in [4.69, 9.17) is 0 Å². The van der Waals surface area contributed by atoms with Crippen LogP contribution in [0.2, 0.25) is 0 Å². The highest BCUT2D eigenvalue weighted by Crippen LogP contribution is 2.32. The van der Waals surface area contributed by atoms with E-state index in [0.29, 0.717) is 30.8 Å². The largest absolute Gasteiger partial charge is 0.354 e. The summed E-state index contributed by atoms with van der Waals surface area (Å²) in [6.07, 6.45) is 9.36. The van der Waals surface area contributed by atoms with Crippen molar-refractivity contribution in [3.63, 3.8) is 0 Å². The number of para-hydroxylation sites is 1. The van der Waals surface area contributed by atoms with Crippen molar-refractivity contribution in [2.24, 2.45) is 0 Å². The Morgan fingerprint density at radius 1 is 1.14 bits per heavy atom. The van der Waals surface area contributed by atoms with Gasteiger partial charge in [0.05, 0.1) is 11.3 Å². The van der Waals surface area contributed by atoms with E-state index in [1.54, 1.807) is 29.2 Å². The second kappa shape index (κ2) is 8.17. The minimum Gasteiger partial charge on any atom is -0.354 e. The average molecular weight is 381 g/mol. The monoisotopic (exact) mass is 381 g/mol. The Bertz CT molecular complexity index is 817. The van der Waals surface area contributed by atoms with Crippen LogP contribution >= 0.6 is 0 Å². The molecule has 1 aromatic rings. The van der Waals surface area contributed by atoms with Crippen molar-refractivity contribution >= 4 is 23.4 Å². The van der Waals surface area contributed by atoms with Gasteiger partial charge in [-0.1, -0.05) is 23.8 Å². The number of amides is 3. The van der Waals surface area contributed by atoms with Crippen molar-refractivity contribution in [3.8, 4) is 0 Å². The number of nitrogens with zero attached hydrogens (tertiary/aromatic N) is 2. The molecule has 0 unspecified atom stereocenters. The molecule has 1 N–H and O–H groups in total. The van der Waals surface area contributed by atoms with Crippen molar-refractivity contribution in [3.05, 3.63) is 41.5 Å². The van der Waals surface area contributed by atoms with Crippen LogP contribution in [0.25, 0.3) is 0 Å². The van der Waals surface area contributed by atoms with Crippen LogP contribution in [0.4, 0.5) is 5.69 Å². The van der Waals surface area contributed by atoms with Crippen LogP contribution < -0.4 is 10.2 Å². The standard InChI is InChI=1S/C22H27N3O3/c26-20(23-13-12-16-7-2-1-3-8-16)15-25-18-10-5-4-9-17(18)21(27)24-14-6-11-19(24)22(25)28/h4-5,7,9-10,19H,1-3,6,8,11-15H2,(H,23,26)/t19-/m0/s1. The zero-order chi connectivity index (χ0) is 19.5. The quantitative estimate of drug-likeness (QED) is 0.797. The number of carbonyl (C=O) groups is 3. The molecule has 3 aliphatic rings. The number of benzene rings is 1. The number of carbonyl (C=O) groups excluding carboxylic acids is 3. The zero-order valence-corrected chi connectivity index (χ0v) is 16.2. The Kier molecular flexibility index (Phi) is 5.46. The average Bonchev–Trinajstić information content (AvgIpc) is 3.19. The van der Waals surface area contributed by atoms with Crippen molar-refractivity contribution < 1.29 is 14.4 Å². The SMILES string of the molecule is O=C(CN1C(=O)[C@@H]2CCCN2C(=O)c2ccccc21)NCCC1=CCCCC1. The molecule has 1 aromatic carbocycles. The van der Waals surface area contributed by atoms with Crippen LogP contribution in [0.15, 0.2) is 35.9 Å². The number of anilines is 1. The van der Waals surface area contributed by atoms with Crippen LogP contribution in [0, 0.1) is 0 Å². The molecule has 2 heterocycles. The number of nitrogens with one attached hydrogen (secondary N) is 1. The van der Waals surface area contributed by atoms with E-state index >= 15 is 0 Å². The lowest BCUT2D eigenvalue weighted by atomic mass is 9.97. The fraction of sp³-hybridized carbons (Fsp3) is 0.500. The summed E-state index contributed by atoms with van der Waals surface area (Å²) < 4.78 is 0. The van der Waals surface area contributed by atoms with Gasteiger partial charge in [-0.15, -0.1) is 0 Å². The summed E-state index contributed by atoms with van der Waals surface area (Å²) in [6.45, 7) is 1.13. The second-order valence-electron chi connectivity index (χ2n) is 7.81. The fourth-order valence-corrected chi connectivity index (χ4v) is 4.47. The lowest BCUT2D eigenvalue weighted by Gasteiger charge is -2.25. The number of hydrogen-bond acceptors (Lipinski definition) is 3. The third-order valence-electron chi connectivity index (χ3n) is 5.95. The molecule has 6 nitrogen and oxygen atoms in total. The van der Waals surface area contributed by atoms with Crippen LogP contribution in [-0.2, 0) is 9.59 Å². The minimum atomic E-state index is -0.458. The van der Waals surface area contributed by atoms with Crippen LogP contribution in [0.1, 0.15) is 55.3 Å². The summed E-state index contributed by atoms with van der Waals surface area (Å²) in [5.41, 5.74) is 2.45. The van der Waals surface area contributed by atoms with Gasteiger partial charge >= 0.3 is 0 Å². The van der Waals surface area contributed by atoms with Crippen molar-refractivity contribution in [1.29, 1.82) is 0 Å². The molecule has 6 heteroatoms. The predicted octanol–water partition coefficient (Wildman–Crippen LogP) is 2.64. The van der Waals surface area contributed by atoms with Crippen molar-refractivity contribution in [2.45, 2.75) is 51.0 Å². The van der Waals surface area contributed by atoms with Gasteiger partial charge in [-0.2, -0.15) is 0 Å². The molecule has 1 atom stereocenters. The zero-order valence-electron chi connectivity index (χ0n) is 16.2. The van der Waals surface area contributed by atoms with Gasteiger partial charge < -0.3 is 15.1 Å². The highest BCUT2D eigenvalue weighted by Gasteiger charge is 2.42. The Balaban J connectivity index is 1.46. The van der Waals surface area contributed by atoms with Gasteiger partial charge in [0.2, 0.25) is 11.8 Å². The van der Waals surface area contributed by atoms with E-state index in [2.05, 4.69) is 11.4 Å². The summed E-state index contributed by atoms with van der Waals surface area (Å²) in [5.74, 6) is -0.446. The fourth-order valence-electron chi connectivity index (χ4n) is 4.47. The molecule has 0 spiro atoms. The van der Waals surface area contributed by atoms with Gasteiger partial charge in [0.25, 0.3) is 5.91 Å². The molecule has 0 saturated carbocycles. The van der Waals surface area contributed by atoms with Gasteiger partial charge in [-0.05, 0) is 57.1 Å². The summed E-state index contributed by atoms with van der Waals surface area (Å²) in [4.78, 5) is 41.7. The summed E-state index contributed by atoms with van der Waals surface area (Å²) in [6, 6.07) is 6.64. The molecule has 1 aliphatic carbocycles. The van der Waals surface area contributed by atoms with E-state index < -0.39 is 6.04 Å². The Hall–Kier alpha value is -2.63. The topological polar surface area (TPSA) is 69.7 Å². The van der Waals surface area contributed by atoms with E-state index in [-0.39, 0.29) is 24.3 Å². The molecule has 2 aliphatic heterocycles. The minimum absolute atomic E-state index is 0.0491. The second-order valence-corrected chi connectivity index (χ2v) is 7.81. The molecule has 28 heavy (non-hydrogen) atoms. The highest BCUT2D eigenvalue weighted by atomic mass is 16.2. The molecule has 4 rings (SSSR count). The molecule has 148 valence electrons. The number of hydrogen-bond donors (Lipinski definition) is 1. The van der Waals surface area contributed by atoms with Crippen LogP contribution in [0.5, 0.6) is 0 Å². The van der Waals surface area contributed by atoms with E-state index in [0.717, 1.165) is 25.7 Å². The highest BCUT2D eigenvalue weighted by molar-refractivity contribution is 6.12. The maximum absolute atomic E-state index is 13.1. The van der Waals surface area contributed by atoms with Crippen molar-refractivity contribution in [1.82, 2.24) is 10.2 Å². The van der Waals surface area contributed by atoms with Crippen LogP contribution in [-0.4, -0.2) is 48.3 Å². The molecule has 3 amide bonds. The third kappa shape index (κ3) is 3.68. The van der Waals surface area contributed by atoms with E-state index in [9.17, 15) is 14.4 Å². The van der Waals surface area contributed by atoms with E-state index in [1.807, 2.05) is 0 Å². The predicted molar refractivity (Wildman–Crippen MR) is 107 cm³/mol. The smallest absolute Gasteiger partial charge is 0.256 e. The molecule has 1 saturated heterocycles. The first kappa shape index (κ1) is 18.7. The van der Waals surface area contributed by atoms with Gasteiger partial charge in [0.15, 0.2) is 0 Å². The lowest BCUT2D eigenvalue weighted by molar-refractivity contribution is -0.125. The Morgan fingerprint density at radius 3 is 2.82 bits per heavy atom. The normalized spacial score (nSPS) is 21.7. The lowest BCUT2D eigenvalue weighted by Crippen LogP contribution is -2.48. The molecule has 0 aromatic heterocycles. The number of allylic oxidation sites excluding steroid dienone is 1. The van der Waals surface area contributed by atoms with Crippen LogP contribution in [0.3, 0.4) is 0 Å². The first-order valence-electron chi connectivity index (χ1n) is 10.3. The van der Waals surface area contributed by atoms with Gasteiger partial charge in [0.1, 0.15) is 12.6 Å². The summed E-state index contributed by atoms with van der Waals surface area (Å²) >= 11 is 0. The molecular formula is C22H27N3O3. The summed E-state index contributed by atoms with van der Waals surface area (Å²) in [5, 5.41) is 2.95. The van der Waals surface area contributed by atoms with Crippen molar-refractivity contribution in [2.75, 3.05) is 24.5 Å². The van der Waals surface area contributed by atoms with Gasteiger partial charge in [0, 0.05) is 13.1 Å².